The van der Waals surface area contributed by atoms with Crippen LogP contribution >= 0.6 is 0 Å². The van der Waals surface area contributed by atoms with Gasteiger partial charge in [-0.1, -0.05) is 97.3 Å². The predicted octanol–water partition coefficient (Wildman–Crippen LogP) is 6.81. The van der Waals surface area contributed by atoms with E-state index in [9.17, 15) is 19.8 Å². The summed E-state index contributed by atoms with van der Waals surface area (Å²) in [4.78, 5) is 24.7. The number of unbranched alkanes of at least 4 members (excludes halogenated alkanes) is 9. The van der Waals surface area contributed by atoms with Crippen molar-refractivity contribution in [3.05, 3.63) is 0 Å². The third kappa shape index (κ3) is 6.22. The Hall–Kier alpha value is -1.06. The molecule has 158 valence electrons. The molecule has 1 rings (SSSR count). The lowest BCUT2D eigenvalue weighted by atomic mass is 9.52. The van der Waals surface area contributed by atoms with Crippen LogP contribution in [-0.2, 0) is 9.59 Å². The van der Waals surface area contributed by atoms with Gasteiger partial charge in [0.15, 0.2) is 0 Å². The SMILES string of the molecule is CCCCCCCCCCCC1(C(=O)O)CCCCC1(CCCC)C(=O)O. The minimum absolute atomic E-state index is 0.503. The number of rotatable bonds is 15. The molecule has 0 bridgehead atoms. The van der Waals surface area contributed by atoms with Crippen molar-refractivity contribution >= 4 is 11.9 Å². The molecule has 0 aromatic rings. The van der Waals surface area contributed by atoms with Crippen molar-refractivity contribution in [3.63, 3.8) is 0 Å². The van der Waals surface area contributed by atoms with E-state index in [1.807, 2.05) is 6.92 Å². The molecule has 0 spiro atoms. The van der Waals surface area contributed by atoms with E-state index in [1.54, 1.807) is 0 Å². The monoisotopic (exact) mass is 382 g/mol. The van der Waals surface area contributed by atoms with Crippen LogP contribution in [0.5, 0.6) is 0 Å². The zero-order valence-corrected chi connectivity index (χ0v) is 17.7. The van der Waals surface area contributed by atoms with Crippen LogP contribution in [0.4, 0.5) is 0 Å². The topological polar surface area (TPSA) is 74.6 Å². The summed E-state index contributed by atoms with van der Waals surface area (Å²) in [5.74, 6) is -1.76. The van der Waals surface area contributed by atoms with E-state index in [2.05, 4.69) is 6.92 Å². The highest BCUT2D eigenvalue weighted by Gasteiger charge is 2.61. The van der Waals surface area contributed by atoms with Crippen molar-refractivity contribution in [1.29, 1.82) is 0 Å². The van der Waals surface area contributed by atoms with E-state index in [1.165, 1.54) is 38.5 Å². The molecule has 1 aliphatic carbocycles. The Morgan fingerprint density at radius 3 is 1.41 bits per heavy atom. The number of hydrogen-bond acceptors (Lipinski definition) is 2. The van der Waals surface area contributed by atoms with Gasteiger partial charge in [-0.2, -0.15) is 0 Å². The maximum absolute atomic E-state index is 12.4. The molecular formula is C23H42O4. The number of aliphatic carboxylic acids is 2. The van der Waals surface area contributed by atoms with Crippen molar-refractivity contribution in [2.24, 2.45) is 10.8 Å². The van der Waals surface area contributed by atoms with Crippen LogP contribution in [0.25, 0.3) is 0 Å². The molecule has 1 fully saturated rings. The number of carbonyl (C=O) groups is 2. The average molecular weight is 383 g/mol. The molecule has 0 saturated heterocycles. The molecule has 2 atom stereocenters. The standard InChI is InChI=1S/C23H42O4/c1-3-5-7-8-9-10-11-12-13-17-23(21(26)27)19-15-14-18-22(23,20(24)25)16-6-4-2/h3-19H2,1-2H3,(H,24,25)(H,26,27). The minimum atomic E-state index is -1.08. The molecule has 27 heavy (non-hydrogen) atoms. The lowest BCUT2D eigenvalue weighted by Gasteiger charge is -2.48. The van der Waals surface area contributed by atoms with Crippen molar-refractivity contribution < 1.29 is 19.8 Å². The highest BCUT2D eigenvalue weighted by Crippen LogP contribution is 2.56. The Morgan fingerprint density at radius 1 is 0.630 bits per heavy atom. The zero-order valence-electron chi connectivity index (χ0n) is 17.7. The molecule has 0 aromatic carbocycles. The normalized spacial score (nSPS) is 25.4. The van der Waals surface area contributed by atoms with Gasteiger partial charge in [0.1, 0.15) is 0 Å². The Morgan fingerprint density at radius 2 is 1.00 bits per heavy atom. The van der Waals surface area contributed by atoms with Gasteiger partial charge in [-0.25, -0.2) is 0 Å². The van der Waals surface area contributed by atoms with Crippen LogP contribution in [0.3, 0.4) is 0 Å². The van der Waals surface area contributed by atoms with E-state index in [4.69, 9.17) is 0 Å². The van der Waals surface area contributed by atoms with Gasteiger partial charge in [0.2, 0.25) is 0 Å². The molecule has 2 N–H and O–H groups in total. The summed E-state index contributed by atoms with van der Waals surface area (Å²) in [6, 6.07) is 0. The van der Waals surface area contributed by atoms with E-state index in [0.29, 0.717) is 25.7 Å². The zero-order chi connectivity index (χ0) is 20.2. The van der Waals surface area contributed by atoms with Gasteiger partial charge in [-0.15, -0.1) is 0 Å². The largest absolute Gasteiger partial charge is 0.481 e. The van der Waals surface area contributed by atoms with E-state index in [0.717, 1.165) is 44.9 Å². The van der Waals surface area contributed by atoms with Gasteiger partial charge in [0.05, 0.1) is 10.8 Å². The van der Waals surface area contributed by atoms with Crippen molar-refractivity contribution in [2.45, 2.75) is 123 Å². The first-order valence-electron chi connectivity index (χ1n) is 11.4. The Balaban J connectivity index is 2.66. The van der Waals surface area contributed by atoms with Gasteiger partial charge in [0.25, 0.3) is 0 Å². The third-order valence-corrected chi connectivity index (χ3v) is 6.86. The first-order valence-corrected chi connectivity index (χ1v) is 11.4. The molecule has 0 aromatic heterocycles. The van der Waals surface area contributed by atoms with E-state index >= 15 is 0 Å². The molecule has 1 aliphatic rings. The Labute approximate surface area is 166 Å². The molecule has 4 heteroatoms. The average Bonchev–Trinajstić information content (AvgIpc) is 2.65. The van der Waals surface area contributed by atoms with Crippen LogP contribution in [0, 0.1) is 10.8 Å². The highest BCUT2D eigenvalue weighted by molar-refractivity contribution is 5.87. The first kappa shape index (κ1) is 24.0. The second-order valence-electron chi connectivity index (χ2n) is 8.66. The van der Waals surface area contributed by atoms with Gasteiger partial charge < -0.3 is 10.2 Å². The van der Waals surface area contributed by atoms with Crippen LogP contribution in [-0.4, -0.2) is 22.2 Å². The van der Waals surface area contributed by atoms with Crippen molar-refractivity contribution in [3.8, 4) is 0 Å². The lowest BCUT2D eigenvalue weighted by Crippen LogP contribution is -2.54. The molecule has 0 heterocycles. The van der Waals surface area contributed by atoms with Gasteiger partial charge in [-0.05, 0) is 25.7 Å². The fourth-order valence-corrected chi connectivity index (χ4v) is 5.11. The fraction of sp³-hybridized carbons (Fsp3) is 0.913. The van der Waals surface area contributed by atoms with Crippen molar-refractivity contribution in [2.75, 3.05) is 0 Å². The second kappa shape index (κ2) is 12.4. The van der Waals surface area contributed by atoms with Crippen LogP contribution in [0.15, 0.2) is 0 Å². The maximum Gasteiger partial charge on any atom is 0.310 e. The summed E-state index contributed by atoms with van der Waals surface area (Å²) in [7, 11) is 0. The molecule has 4 nitrogen and oxygen atoms in total. The van der Waals surface area contributed by atoms with Gasteiger partial charge in [0, 0.05) is 0 Å². The van der Waals surface area contributed by atoms with Crippen molar-refractivity contribution in [1.82, 2.24) is 0 Å². The number of hydrogen-bond donors (Lipinski definition) is 2. The smallest absolute Gasteiger partial charge is 0.310 e. The number of carboxylic acid groups (broad SMARTS) is 2. The minimum Gasteiger partial charge on any atom is -0.481 e. The van der Waals surface area contributed by atoms with Gasteiger partial charge >= 0.3 is 11.9 Å². The maximum atomic E-state index is 12.4. The highest BCUT2D eigenvalue weighted by atomic mass is 16.4. The molecule has 0 radical (unpaired) electrons. The van der Waals surface area contributed by atoms with Crippen LogP contribution in [0.2, 0.25) is 0 Å². The molecule has 2 unspecified atom stereocenters. The summed E-state index contributed by atoms with van der Waals surface area (Å²) in [5, 5.41) is 20.2. The summed E-state index contributed by atoms with van der Waals surface area (Å²) < 4.78 is 0. The van der Waals surface area contributed by atoms with Crippen LogP contribution < -0.4 is 0 Å². The summed E-state index contributed by atoms with van der Waals surface area (Å²) in [6.45, 7) is 4.27. The first-order chi connectivity index (χ1) is 13.0. The quantitative estimate of drug-likeness (QED) is 0.305. The molecular weight excluding hydrogens is 340 g/mol. The second-order valence-corrected chi connectivity index (χ2v) is 8.66. The molecule has 0 aliphatic heterocycles. The summed E-state index contributed by atoms with van der Waals surface area (Å²) in [5.41, 5.74) is -2.15. The predicted molar refractivity (Wildman–Crippen MR) is 110 cm³/mol. The molecule has 1 saturated carbocycles. The van der Waals surface area contributed by atoms with Gasteiger partial charge in [-0.3, -0.25) is 9.59 Å². The van der Waals surface area contributed by atoms with E-state index in [-0.39, 0.29) is 0 Å². The molecule has 0 amide bonds. The Bertz CT molecular complexity index is 448. The summed E-state index contributed by atoms with van der Waals surface area (Å²) in [6.07, 6.45) is 16.1. The van der Waals surface area contributed by atoms with E-state index < -0.39 is 22.8 Å². The summed E-state index contributed by atoms with van der Waals surface area (Å²) >= 11 is 0. The number of carboxylic acids is 2. The Kier molecular flexibility index (Phi) is 11.0. The van der Waals surface area contributed by atoms with Crippen LogP contribution in [0.1, 0.15) is 123 Å². The lowest BCUT2D eigenvalue weighted by molar-refractivity contribution is -0.182. The third-order valence-electron chi connectivity index (χ3n) is 6.86. The fourth-order valence-electron chi connectivity index (χ4n) is 5.11.